The zero-order valence-corrected chi connectivity index (χ0v) is 18.0. The first-order valence-corrected chi connectivity index (χ1v) is 10.4. The fraction of sp³-hybridized carbons (Fsp3) is 0. The molecule has 166 valence electrons. The van der Waals surface area contributed by atoms with Gasteiger partial charge in [-0.25, -0.2) is 0 Å². The van der Waals surface area contributed by atoms with Crippen LogP contribution in [0.25, 0.3) is 28.4 Å². The number of aromatic nitrogens is 5. The molecule has 3 aromatic heterocycles. The molecule has 0 radical (unpaired) electrons. The fourth-order valence-corrected chi connectivity index (χ4v) is 3.52. The molecule has 5 rings (SSSR count). The van der Waals surface area contributed by atoms with Crippen molar-refractivity contribution in [2.45, 2.75) is 0 Å². The van der Waals surface area contributed by atoms with Gasteiger partial charge in [-0.2, -0.15) is 9.61 Å². The molecule has 0 atom stereocenters. The molecule has 3 heterocycles. The first-order valence-electron chi connectivity index (χ1n) is 9.99. The van der Waals surface area contributed by atoms with Crippen LogP contribution in [-0.4, -0.2) is 35.6 Å². The van der Waals surface area contributed by atoms with Crippen LogP contribution in [0.4, 0.5) is 11.4 Å². The van der Waals surface area contributed by atoms with Crippen LogP contribution in [0, 0.1) is 10.1 Å². The Bertz CT molecular complexity index is 1540. The number of anilines is 1. The van der Waals surface area contributed by atoms with Gasteiger partial charge in [0.15, 0.2) is 5.65 Å². The first kappa shape index (κ1) is 21.2. The molecule has 1 amide bonds. The van der Waals surface area contributed by atoms with E-state index in [-0.39, 0.29) is 16.3 Å². The average Bonchev–Trinajstić information content (AvgIpc) is 3.28. The Labute approximate surface area is 197 Å². The summed E-state index contributed by atoms with van der Waals surface area (Å²) in [6.07, 6.45) is 1.67. The van der Waals surface area contributed by atoms with Crippen LogP contribution >= 0.6 is 11.6 Å². The molecule has 0 aliphatic heterocycles. The molecule has 0 spiro atoms. The summed E-state index contributed by atoms with van der Waals surface area (Å²) in [5.74, 6) is -0.0272. The van der Waals surface area contributed by atoms with Crippen molar-refractivity contribution >= 4 is 34.5 Å². The Balaban J connectivity index is 1.40. The summed E-state index contributed by atoms with van der Waals surface area (Å²) in [5, 5.41) is 26.8. The lowest BCUT2D eigenvalue weighted by Crippen LogP contribution is -2.12. The highest BCUT2D eigenvalue weighted by Crippen LogP contribution is 2.25. The number of carbonyl (C=O) groups is 1. The number of pyridine rings is 1. The van der Waals surface area contributed by atoms with Gasteiger partial charge in [0, 0.05) is 29.6 Å². The minimum atomic E-state index is -0.583. The number of nitro groups is 1. The molecule has 0 saturated heterocycles. The van der Waals surface area contributed by atoms with E-state index in [1.165, 1.54) is 12.1 Å². The molecule has 11 heteroatoms. The average molecular weight is 472 g/mol. The van der Waals surface area contributed by atoms with Gasteiger partial charge in [0.2, 0.25) is 5.82 Å². The molecule has 0 saturated carbocycles. The number of benzene rings is 2. The van der Waals surface area contributed by atoms with Crippen molar-refractivity contribution in [2.24, 2.45) is 0 Å². The molecule has 0 aliphatic carbocycles. The highest BCUT2D eigenvalue weighted by molar-refractivity contribution is 6.34. The number of hydrogen-bond acceptors (Lipinski definition) is 7. The summed E-state index contributed by atoms with van der Waals surface area (Å²) >= 11 is 6.05. The van der Waals surface area contributed by atoms with E-state index in [4.69, 9.17) is 11.6 Å². The van der Waals surface area contributed by atoms with Crippen molar-refractivity contribution in [3.8, 4) is 22.8 Å². The SMILES string of the molecule is O=C(Nc1ccc(-c2ccc3nnc(-c4ccccn4)n3n2)cc1)c1cc([N+](=O)[O-])ccc1Cl. The fourth-order valence-electron chi connectivity index (χ4n) is 3.32. The summed E-state index contributed by atoms with van der Waals surface area (Å²) in [4.78, 5) is 27.3. The number of nitrogens with zero attached hydrogens (tertiary/aromatic N) is 6. The van der Waals surface area contributed by atoms with Crippen molar-refractivity contribution in [2.75, 3.05) is 5.32 Å². The van der Waals surface area contributed by atoms with E-state index in [9.17, 15) is 14.9 Å². The van der Waals surface area contributed by atoms with Crippen LogP contribution in [0.15, 0.2) is 79.0 Å². The van der Waals surface area contributed by atoms with Crippen molar-refractivity contribution < 1.29 is 9.72 Å². The predicted molar refractivity (Wildman–Crippen MR) is 126 cm³/mol. The third kappa shape index (κ3) is 4.05. The van der Waals surface area contributed by atoms with Crippen LogP contribution in [0.3, 0.4) is 0 Å². The number of non-ortho nitro benzene ring substituents is 1. The monoisotopic (exact) mass is 471 g/mol. The lowest BCUT2D eigenvalue weighted by Gasteiger charge is -2.08. The lowest BCUT2D eigenvalue weighted by atomic mass is 10.1. The Morgan fingerprint density at radius 3 is 2.53 bits per heavy atom. The Kier molecular flexibility index (Phi) is 5.40. The highest BCUT2D eigenvalue weighted by atomic mass is 35.5. The van der Waals surface area contributed by atoms with Gasteiger partial charge in [-0.3, -0.25) is 19.9 Å². The zero-order valence-electron chi connectivity index (χ0n) is 17.3. The molecule has 0 aliphatic rings. The van der Waals surface area contributed by atoms with E-state index in [1.54, 1.807) is 35.0 Å². The first-order chi connectivity index (χ1) is 16.5. The molecule has 5 aromatic rings. The zero-order chi connectivity index (χ0) is 23.7. The van der Waals surface area contributed by atoms with Gasteiger partial charge in [-0.1, -0.05) is 29.8 Å². The van der Waals surface area contributed by atoms with E-state index in [1.807, 2.05) is 30.3 Å². The molecule has 0 bridgehead atoms. The van der Waals surface area contributed by atoms with Crippen molar-refractivity contribution in [1.29, 1.82) is 0 Å². The van der Waals surface area contributed by atoms with Crippen LogP contribution in [0.1, 0.15) is 10.4 Å². The Hall–Kier alpha value is -4.70. The molecule has 10 nitrogen and oxygen atoms in total. The smallest absolute Gasteiger partial charge is 0.270 e. The van der Waals surface area contributed by atoms with Gasteiger partial charge in [-0.05, 0) is 42.5 Å². The van der Waals surface area contributed by atoms with Crippen molar-refractivity contribution in [3.05, 3.63) is 99.7 Å². The Morgan fingerprint density at radius 2 is 1.79 bits per heavy atom. The quantitative estimate of drug-likeness (QED) is 0.291. The summed E-state index contributed by atoms with van der Waals surface area (Å²) in [6, 6.07) is 19.8. The van der Waals surface area contributed by atoms with E-state index in [2.05, 4.69) is 25.6 Å². The molecular weight excluding hydrogens is 458 g/mol. The number of rotatable bonds is 5. The topological polar surface area (TPSA) is 128 Å². The minimum Gasteiger partial charge on any atom is -0.322 e. The maximum Gasteiger partial charge on any atom is 0.270 e. The number of nitro benzene ring substituents is 1. The second-order valence-corrected chi connectivity index (χ2v) is 7.59. The number of fused-ring (bicyclic) bond motifs is 1. The van der Waals surface area contributed by atoms with Crippen LogP contribution in [-0.2, 0) is 0 Å². The maximum absolute atomic E-state index is 12.6. The van der Waals surface area contributed by atoms with E-state index in [0.29, 0.717) is 28.5 Å². The highest BCUT2D eigenvalue weighted by Gasteiger charge is 2.16. The summed E-state index contributed by atoms with van der Waals surface area (Å²) < 4.78 is 1.62. The molecule has 2 aromatic carbocycles. The van der Waals surface area contributed by atoms with Gasteiger partial charge in [0.25, 0.3) is 11.6 Å². The van der Waals surface area contributed by atoms with Gasteiger partial charge in [0.05, 0.1) is 21.2 Å². The van der Waals surface area contributed by atoms with E-state index in [0.717, 1.165) is 11.6 Å². The Morgan fingerprint density at radius 1 is 0.971 bits per heavy atom. The van der Waals surface area contributed by atoms with Gasteiger partial charge < -0.3 is 5.32 Å². The maximum atomic E-state index is 12.6. The van der Waals surface area contributed by atoms with Crippen LogP contribution in [0.5, 0.6) is 0 Å². The van der Waals surface area contributed by atoms with Crippen molar-refractivity contribution in [1.82, 2.24) is 24.8 Å². The van der Waals surface area contributed by atoms with E-state index < -0.39 is 10.8 Å². The van der Waals surface area contributed by atoms with E-state index >= 15 is 0 Å². The number of hydrogen-bond donors (Lipinski definition) is 1. The van der Waals surface area contributed by atoms with Gasteiger partial charge in [-0.15, -0.1) is 10.2 Å². The van der Waals surface area contributed by atoms with Gasteiger partial charge in [0.1, 0.15) is 5.69 Å². The third-order valence-electron chi connectivity index (χ3n) is 5.00. The number of nitrogens with one attached hydrogen (secondary N) is 1. The minimum absolute atomic E-state index is 0.0155. The van der Waals surface area contributed by atoms with Gasteiger partial charge >= 0.3 is 0 Å². The summed E-state index contributed by atoms with van der Waals surface area (Å²) in [5.41, 5.74) is 3.00. The lowest BCUT2D eigenvalue weighted by molar-refractivity contribution is -0.384. The second kappa shape index (κ2) is 8.68. The third-order valence-corrected chi connectivity index (χ3v) is 5.33. The molecule has 0 unspecified atom stereocenters. The van der Waals surface area contributed by atoms with Crippen LogP contribution < -0.4 is 5.32 Å². The molecule has 0 fully saturated rings. The van der Waals surface area contributed by atoms with Crippen LogP contribution in [0.2, 0.25) is 5.02 Å². The molecule has 34 heavy (non-hydrogen) atoms. The molecular formula is C23H14ClN7O3. The summed E-state index contributed by atoms with van der Waals surface area (Å²) in [7, 11) is 0. The largest absolute Gasteiger partial charge is 0.322 e. The second-order valence-electron chi connectivity index (χ2n) is 7.18. The predicted octanol–water partition coefficient (Wildman–Crippen LogP) is 4.67. The summed E-state index contributed by atoms with van der Waals surface area (Å²) in [6.45, 7) is 0. The number of carbonyl (C=O) groups excluding carboxylic acids is 1. The standard InChI is InChI=1S/C23H14ClN7O3/c24-18-9-8-16(31(33)34)13-17(18)23(32)26-15-6-4-14(5-7-15)19-10-11-21-27-28-22(30(21)29-19)20-3-1-2-12-25-20/h1-13H,(H,26,32). The normalized spacial score (nSPS) is 10.9. The molecule has 1 N–H and O–H groups in total. The number of amides is 1. The number of halogens is 1. The van der Waals surface area contributed by atoms with Crippen molar-refractivity contribution in [3.63, 3.8) is 0 Å².